The molecule has 0 aliphatic rings. The summed E-state index contributed by atoms with van der Waals surface area (Å²) < 4.78 is 16.7. The molecule has 1 unspecified atom stereocenters. The number of furan rings is 1. The minimum absolute atomic E-state index is 0.000120. The van der Waals surface area contributed by atoms with Gasteiger partial charge in [0.2, 0.25) is 0 Å². The Labute approximate surface area is 187 Å². The quantitative estimate of drug-likeness (QED) is 0.358. The van der Waals surface area contributed by atoms with Gasteiger partial charge in [-0.25, -0.2) is 0 Å². The Hall–Kier alpha value is -3.57. The number of methoxy groups -OCH3 is 1. The summed E-state index contributed by atoms with van der Waals surface area (Å²) in [6, 6.07) is 21.9. The van der Waals surface area contributed by atoms with Crippen molar-refractivity contribution in [1.29, 1.82) is 0 Å². The summed E-state index contributed by atoms with van der Waals surface area (Å²) in [6.07, 6.45) is 2.74. The number of hydrogen-bond donors (Lipinski definition) is 1. The minimum Gasteiger partial charge on any atom is -0.489 e. The van der Waals surface area contributed by atoms with Crippen molar-refractivity contribution in [2.45, 2.75) is 32.4 Å². The third kappa shape index (κ3) is 4.68. The third-order valence-corrected chi connectivity index (χ3v) is 5.61. The van der Waals surface area contributed by atoms with Crippen LogP contribution in [0.3, 0.4) is 0 Å². The van der Waals surface area contributed by atoms with Gasteiger partial charge in [0.05, 0.1) is 19.8 Å². The highest BCUT2D eigenvalue weighted by Crippen LogP contribution is 2.33. The summed E-state index contributed by atoms with van der Waals surface area (Å²) in [6.45, 7) is 2.44. The fourth-order valence-corrected chi connectivity index (χ4v) is 3.79. The molecule has 32 heavy (non-hydrogen) atoms. The molecule has 2 N–H and O–H groups in total. The number of fused-ring (bicyclic) bond motifs is 1. The molecule has 0 aliphatic carbocycles. The number of nitrogens with two attached hydrogens (primary N) is 1. The topological polar surface area (TPSA) is 74.7 Å². The molecular weight excluding hydrogens is 402 g/mol. The molecule has 0 aliphatic heterocycles. The standard InChI is InChI=1S/C27H27NO4/c1-3-24(28)20-9-6-8-19(15-20)23-14-18(13-22-11-12-31-27(22)23)17-32-25-10-5-4-7-21(25)16-26(29)30-2/h4-15,24H,3,16-17,28H2,1-2H3. The van der Waals surface area contributed by atoms with Gasteiger partial charge in [0.25, 0.3) is 0 Å². The van der Waals surface area contributed by atoms with E-state index < -0.39 is 0 Å². The lowest BCUT2D eigenvalue weighted by Crippen LogP contribution is -2.08. The van der Waals surface area contributed by atoms with Crippen LogP contribution in [0.15, 0.2) is 77.4 Å². The summed E-state index contributed by atoms with van der Waals surface area (Å²) in [4.78, 5) is 11.7. The number of rotatable bonds is 8. The van der Waals surface area contributed by atoms with Crippen molar-refractivity contribution in [1.82, 2.24) is 0 Å². The van der Waals surface area contributed by atoms with Crippen molar-refractivity contribution in [2.24, 2.45) is 5.73 Å². The molecule has 4 rings (SSSR count). The largest absolute Gasteiger partial charge is 0.489 e. The first-order valence-electron chi connectivity index (χ1n) is 10.7. The fraction of sp³-hybridized carbons (Fsp3) is 0.222. The number of esters is 1. The first-order chi connectivity index (χ1) is 15.6. The van der Waals surface area contributed by atoms with Crippen molar-refractivity contribution >= 4 is 16.9 Å². The first-order valence-corrected chi connectivity index (χ1v) is 10.7. The van der Waals surface area contributed by atoms with Gasteiger partial charge in [-0.2, -0.15) is 0 Å². The second-order valence-electron chi connectivity index (χ2n) is 7.77. The van der Waals surface area contributed by atoms with Crippen LogP contribution in [0.5, 0.6) is 5.75 Å². The molecule has 0 radical (unpaired) electrons. The monoisotopic (exact) mass is 429 g/mol. The molecule has 1 heterocycles. The van der Waals surface area contributed by atoms with E-state index in [1.165, 1.54) is 7.11 Å². The Morgan fingerprint density at radius 3 is 2.72 bits per heavy atom. The number of carbonyl (C=O) groups is 1. The predicted octanol–water partition coefficient (Wildman–Crippen LogP) is 5.80. The molecular formula is C27H27NO4. The molecule has 164 valence electrons. The van der Waals surface area contributed by atoms with Crippen molar-refractivity contribution < 1.29 is 18.7 Å². The smallest absolute Gasteiger partial charge is 0.310 e. The van der Waals surface area contributed by atoms with Crippen LogP contribution in [0, 0.1) is 0 Å². The lowest BCUT2D eigenvalue weighted by atomic mass is 9.96. The Bertz CT molecular complexity index is 1230. The van der Waals surface area contributed by atoms with Gasteiger partial charge < -0.3 is 19.6 Å². The predicted molar refractivity (Wildman–Crippen MR) is 125 cm³/mol. The maximum atomic E-state index is 11.7. The van der Waals surface area contributed by atoms with Crippen molar-refractivity contribution in [3.8, 4) is 16.9 Å². The molecule has 1 atom stereocenters. The minimum atomic E-state index is -0.298. The molecule has 0 saturated heterocycles. The average Bonchev–Trinajstić information content (AvgIpc) is 3.31. The summed E-state index contributed by atoms with van der Waals surface area (Å²) in [7, 11) is 1.38. The van der Waals surface area contributed by atoms with Gasteiger partial charge in [0.15, 0.2) is 0 Å². The highest BCUT2D eigenvalue weighted by atomic mass is 16.5. The fourth-order valence-electron chi connectivity index (χ4n) is 3.79. The summed E-state index contributed by atoms with van der Waals surface area (Å²) in [5.41, 5.74) is 12.1. The van der Waals surface area contributed by atoms with E-state index in [0.29, 0.717) is 12.4 Å². The van der Waals surface area contributed by atoms with E-state index in [-0.39, 0.29) is 18.4 Å². The Morgan fingerprint density at radius 2 is 1.91 bits per heavy atom. The lowest BCUT2D eigenvalue weighted by Gasteiger charge is -2.14. The van der Waals surface area contributed by atoms with Crippen LogP contribution in [-0.4, -0.2) is 13.1 Å². The molecule has 0 fully saturated rings. The van der Waals surface area contributed by atoms with Crippen LogP contribution in [0.2, 0.25) is 0 Å². The molecule has 3 aromatic carbocycles. The zero-order valence-corrected chi connectivity index (χ0v) is 18.3. The van der Waals surface area contributed by atoms with Crippen LogP contribution in [0.1, 0.15) is 36.1 Å². The molecule has 1 aromatic heterocycles. The van der Waals surface area contributed by atoms with Gasteiger partial charge in [-0.05, 0) is 53.4 Å². The third-order valence-electron chi connectivity index (χ3n) is 5.61. The van der Waals surface area contributed by atoms with Gasteiger partial charge in [-0.3, -0.25) is 4.79 Å². The number of hydrogen-bond acceptors (Lipinski definition) is 5. The second-order valence-corrected chi connectivity index (χ2v) is 7.77. The summed E-state index contributed by atoms with van der Waals surface area (Å²) in [5.74, 6) is 0.371. The summed E-state index contributed by atoms with van der Waals surface area (Å²) in [5, 5.41) is 1.01. The van der Waals surface area contributed by atoms with Gasteiger partial charge in [0.1, 0.15) is 17.9 Å². The highest BCUT2D eigenvalue weighted by molar-refractivity contribution is 5.93. The lowest BCUT2D eigenvalue weighted by molar-refractivity contribution is -0.139. The van der Waals surface area contributed by atoms with Crippen LogP contribution < -0.4 is 10.5 Å². The Balaban J connectivity index is 1.65. The zero-order valence-electron chi connectivity index (χ0n) is 18.3. The number of carbonyl (C=O) groups excluding carboxylic acids is 1. The van der Waals surface area contributed by atoms with Crippen LogP contribution >= 0.6 is 0 Å². The van der Waals surface area contributed by atoms with Gasteiger partial charge >= 0.3 is 5.97 Å². The summed E-state index contributed by atoms with van der Waals surface area (Å²) >= 11 is 0. The number of benzene rings is 3. The molecule has 0 spiro atoms. The molecule has 0 amide bonds. The van der Waals surface area contributed by atoms with Gasteiger partial charge in [0, 0.05) is 22.6 Å². The maximum Gasteiger partial charge on any atom is 0.310 e. The van der Waals surface area contributed by atoms with Crippen molar-refractivity contribution in [3.05, 3.63) is 89.7 Å². The van der Waals surface area contributed by atoms with Crippen molar-refractivity contribution in [2.75, 3.05) is 7.11 Å². The van der Waals surface area contributed by atoms with E-state index in [1.807, 2.05) is 36.4 Å². The van der Waals surface area contributed by atoms with E-state index in [1.54, 1.807) is 6.26 Å². The van der Waals surface area contributed by atoms with E-state index in [9.17, 15) is 4.79 Å². The normalized spacial score (nSPS) is 12.0. The average molecular weight is 430 g/mol. The Kier molecular flexibility index (Phi) is 6.57. The van der Waals surface area contributed by atoms with Crippen LogP contribution in [-0.2, 0) is 22.6 Å². The molecule has 0 saturated carbocycles. The molecule has 5 nitrogen and oxygen atoms in total. The van der Waals surface area contributed by atoms with E-state index in [2.05, 4.69) is 37.3 Å². The van der Waals surface area contributed by atoms with E-state index in [4.69, 9.17) is 19.6 Å². The van der Waals surface area contributed by atoms with Crippen LogP contribution in [0.4, 0.5) is 0 Å². The SMILES string of the molecule is CCC(N)c1cccc(-c2cc(COc3ccccc3CC(=O)OC)cc3ccoc23)c1. The number of para-hydroxylation sites is 1. The molecule has 4 aromatic rings. The molecule has 5 heteroatoms. The van der Waals surface area contributed by atoms with E-state index >= 15 is 0 Å². The van der Waals surface area contributed by atoms with Crippen molar-refractivity contribution in [3.63, 3.8) is 0 Å². The first kappa shape index (κ1) is 21.7. The van der Waals surface area contributed by atoms with E-state index in [0.717, 1.165) is 45.2 Å². The number of ether oxygens (including phenoxy) is 2. The Morgan fingerprint density at radius 1 is 1.06 bits per heavy atom. The maximum absolute atomic E-state index is 11.7. The second kappa shape index (κ2) is 9.71. The zero-order chi connectivity index (χ0) is 22.5. The van der Waals surface area contributed by atoms with Crippen LogP contribution in [0.25, 0.3) is 22.1 Å². The van der Waals surface area contributed by atoms with Gasteiger partial charge in [-0.1, -0.05) is 43.3 Å². The molecule has 0 bridgehead atoms. The highest BCUT2D eigenvalue weighted by Gasteiger charge is 2.13. The van der Waals surface area contributed by atoms with Gasteiger partial charge in [-0.15, -0.1) is 0 Å².